The van der Waals surface area contributed by atoms with E-state index in [0.29, 0.717) is 5.69 Å². The first-order chi connectivity index (χ1) is 6.97. The van der Waals surface area contributed by atoms with Crippen molar-refractivity contribution in [2.75, 3.05) is 5.73 Å². The average molecular weight is 214 g/mol. The van der Waals surface area contributed by atoms with Crippen molar-refractivity contribution in [2.45, 2.75) is 0 Å². The van der Waals surface area contributed by atoms with Crippen molar-refractivity contribution in [3.63, 3.8) is 0 Å². The maximum absolute atomic E-state index is 10.3. The minimum Gasteiger partial charge on any atom is -0.478 e. The fourth-order valence-electron chi connectivity index (χ4n) is 0.626. The van der Waals surface area contributed by atoms with Gasteiger partial charge in [0.2, 0.25) is 0 Å². The maximum Gasteiger partial charge on any atom is 0.524 e. The van der Waals surface area contributed by atoms with Crippen LogP contribution in [0.25, 0.3) is 0 Å². The molecule has 0 fully saturated rings. The average Bonchev–Trinajstić information content (AvgIpc) is 2.19. The van der Waals surface area contributed by atoms with Crippen molar-refractivity contribution in [1.29, 1.82) is 0 Å². The molecule has 0 saturated heterocycles. The predicted molar refractivity (Wildman–Crippen MR) is 51.1 cm³/mol. The molecule has 1 aromatic carbocycles. The molecule has 6 N–H and O–H groups in total. The van der Waals surface area contributed by atoms with Crippen LogP contribution in [0, 0.1) is 0 Å². The van der Waals surface area contributed by atoms with E-state index in [9.17, 15) is 4.79 Å². The first-order valence-electron chi connectivity index (χ1n) is 3.66. The molecule has 82 valence electrons. The van der Waals surface area contributed by atoms with Gasteiger partial charge in [0.15, 0.2) is 0 Å². The van der Waals surface area contributed by atoms with Crippen molar-refractivity contribution in [3.8, 4) is 0 Å². The number of nitrogens with two attached hydrogens (primary N) is 2. The van der Waals surface area contributed by atoms with Crippen LogP contribution in [0.4, 0.5) is 10.5 Å². The van der Waals surface area contributed by atoms with Crippen molar-refractivity contribution in [3.05, 3.63) is 29.8 Å². The molecule has 0 aliphatic carbocycles. The summed E-state index contributed by atoms with van der Waals surface area (Å²) in [6.45, 7) is 0. The van der Waals surface area contributed by atoms with E-state index in [2.05, 4.69) is 10.7 Å². The Balaban J connectivity index is 0.000000336. The van der Waals surface area contributed by atoms with E-state index in [1.807, 2.05) is 0 Å². The lowest BCUT2D eigenvalue weighted by atomic mass is 10.2. The van der Waals surface area contributed by atoms with Gasteiger partial charge in [0.1, 0.15) is 0 Å². The van der Waals surface area contributed by atoms with E-state index >= 15 is 0 Å². The van der Waals surface area contributed by atoms with Gasteiger partial charge in [0.25, 0.3) is 0 Å². The number of hydrogen-bond acceptors (Lipinski definition) is 5. The van der Waals surface area contributed by atoms with Crippen LogP contribution in [-0.2, 0) is 4.84 Å². The highest BCUT2D eigenvalue weighted by atomic mass is 16.7. The SMILES string of the molecule is NOC(=O)O.Nc1ccc(C(=O)O)cc1. The number of nitrogen functional groups attached to an aromatic ring is 1. The lowest BCUT2D eigenvalue weighted by Gasteiger charge is -1.93. The third-order valence-corrected chi connectivity index (χ3v) is 1.26. The van der Waals surface area contributed by atoms with E-state index in [-0.39, 0.29) is 5.56 Å². The predicted octanol–water partition coefficient (Wildman–Crippen LogP) is 0.522. The standard InChI is InChI=1S/C7H7NO2.CH3NO3/c8-6-3-1-5(2-4-6)7(9)10;2-5-1(3)4/h1-4H,8H2,(H,9,10);2H2,(H,3,4). The molecule has 15 heavy (non-hydrogen) atoms. The topological polar surface area (TPSA) is 136 Å². The molecule has 0 aliphatic heterocycles. The van der Waals surface area contributed by atoms with Crippen LogP contribution in [0.5, 0.6) is 0 Å². The quantitative estimate of drug-likeness (QED) is 0.395. The van der Waals surface area contributed by atoms with Gasteiger partial charge in [-0.3, -0.25) is 0 Å². The van der Waals surface area contributed by atoms with Crippen molar-refractivity contribution < 1.29 is 24.6 Å². The summed E-state index contributed by atoms with van der Waals surface area (Å²) in [5, 5.41) is 15.8. The van der Waals surface area contributed by atoms with Gasteiger partial charge in [-0.2, -0.15) is 5.90 Å². The van der Waals surface area contributed by atoms with E-state index in [4.69, 9.17) is 20.7 Å². The summed E-state index contributed by atoms with van der Waals surface area (Å²) in [5.41, 5.74) is 6.17. The second-order valence-corrected chi connectivity index (χ2v) is 2.31. The smallest absolute Gasteiger partial charge is 0.478 e. The van der Waals surface area contributed by atoms with Gasteiger partial charge in [0, 0.05) is 5.69 Å². The number of hydrogen-bond donors (Lipinski definition) is 4. The molecule has 0 radical (unpaired) electrons. The Morgan fingerprint density at radius 1 is 1.13 bits per heavy atom. The van der Waals surface area contributed by atoms with Crippen LogP contribution >= 0.6 is 0 Å². The molecular formula is C8H10N2O5. The van der Waals surface area contributed by atoms with E-state index in [1.165, 1.54) is 12.1 Å². The molecular weight excluding hydrogens is 204 g/mol. The first kappa shape index (κ1) is 12.7. The van der Waals surface area contributed by atoms with Gasteiger partial charge in [-0.25, -0.2) is 9.59 Å². The fourth-order valence-corrected chi connectivity index (χ4v) is 0.626. The molecule has 7 nitrogen and oxygen atoms in total. The second-order valence-electron chi connectivity index (χ2n) is 2.31. The van der Waals surface area contributed by atoms with Gasteiger partial charge in [-0.1, -0.05) is 0 Å². The molecule has 0 aromatic heterocycles. The molecule has 0 unspecified atom stereocenters. The Bertz CT molecular complexity index is 335. The van der Waals surface area contributed by atoms with Gasteiger partial charge < -0.3 is 20.8 Å². The summed E-state index contributed by atoms with van der Waals surface area (Å²) in [7, 11) is 0. The Morgan fingerprint density at radius 2 is 1.53 bits per heavy atom. The fraction of sp³-hybridized carbons (Fsp3) is 0. The molecule has 0 spiro atoms. The molecule has 0 aliphatic rings. The first-order valence-corrected chi connectivity index (χ1v) is 3.66. The third-order valence-electron chi connectivity index (χ3n) is 1.26. The van der Waals surface area contributed by atoms with Crippen LogP contribution in [0.15, 0.2) is 24.3 Å². The number of carboxylic acid groups (broad SMARTS) is 2. The van der Waals surface area contributed by atoms with Crippen LogP contribution in [0.1, 0.15) is 10.4 Å². The minimum absolute atomic E-state index is 0.259. The molecule has 7 heteroatoms. The minimum atomic E-state index is -1.47. The largest absolute Gasteiger partial charge is 0.524 e. The summed E-state index contributed by atoms with van der Waals surface area (Å²) in [6.07, 6.45) is -1.47. The van der Waals surface area contributed by atoms with E-state index < -0.39 is 12.1 Å². The second kappa shape index (κ2) is 6.22. The number of benzene rings is 1. The maximum atomic E-state index is 10.3. The molecule has 1 aromatic rings. The number of carboxylic acids is 1. The van der Waals surface area contributed by atoms with Crippen molar-refractivity contribution in [2.24, 2.45) is 5.90 Å². The molecule has 0 heterocycles. The Kier molecular flexibility index (Phi) is 5.27. The molecule has 0 amide bonds. The van der Waals surface area contributed by atoms with Gasteiger partial charge in [0.05, 0.1) is 5.56 Å². The van der Waals surface area contributed by atoms with Crippen LogP contribution in [0.2, 0.25) is 0 Å². The molecule has 0 atom stereocenters. The van der Waals surface area contributed by atoms with Crippen LogP contribution in [-0.4, -0.2) is 22.3 Å². The molecule has 0 saturated carbocycles. The molecule has 1 rings (SSSR count). The summed E-state index contributed by atoms with van der Waals surface area (Å²) >= 11 is 0. The third kappa shape index (κ3) is 5.88. The lowest BCUT2D eigenvalue weighted by molar-refractivity contribution is 0.0696. The highest BCUT2D eigenvalue weighted by Crippen LogP contribution is 2.04. The van der Waals surface area contributed by atoms with E-state index in [1.54, 1.807) is 12.1 Å². The number of rotatable bonds is 1. The zero-order chi connectivity index (χ0) is 11.8. The van der Waals surface area contributed by atoms with Crippen LogP contribution < -0.4 is 11.6 Å². The van der Waals surface area contributed by atoms with Gasteiger partial charge in [-0.05, 0) is 24.3 Å². The number of carbonyl (C=O) groups is 2. The zero-order valence-corrected chi connectivity index (χ0v) is 7.58. The summed E-state index contributed by atoms with van der Waals surface area (Å²) in [6, 6.07) is 6.06. The monoisotopic (exact) mass is 214 g/mol. The van der Waals surface area contributed by atoms with Crippen molar-refractivity contribution >= 4 is 17.8 Å². The normalized spacial score (nSPS) is 8.33. The summed E-state index contributed by atoms with van der Waals surface area (Å²) < 4.78 is 0. The van der Waals surface area contributed by atoms with E-state index in [0.717, 1.165) is 0 Å². The van der Waals surface area contributed by atoms with Gasteiger partial charge in [-0.15, -0.1) is 0 Å². The Labute approximate surface area is 84.8 Å². The lowest BCUT2D eigenvalue weighted by Crippen LogP contribution is -2.04. The van der Waals surface area contributed by atoms with Crippen LogP contribution in [0.3, 0.4) is 0 Å². The Morgan fingerprint density at radius 3 is 1.80 bits per heavy atom. The highest BCUT2D eigenvalue weighted by molar-refractivity contribution is 5.87. The summed E-state index contributed by atoms with van der Waals surface area (Å²) in [4.78, 5) is 22.5. The summed E-state index contributed by atoms with van der Waals surface area (Å²) in [5.74, 6) is 3.14. The number of aromatic carboxylic acids is 1. The van der Waals surface area contributed by atoms with Crippen molar-refractivity contribution in [1.82, 2.24) is 0 Å². The zero-order valence-electron chi connectivity index (χ0n) is 7.58. The number of anilines is 1. The highest BCUT2D eigenvalue weighted by Gasteiger charge is 1.98. The molecule has 0 bridgehead atoms. The van der Waals surface area contributed by atoms with Gasteiger partial charge >= 0.3 is 12.1 Å². The Hall–Kier alpha value is -2.28.